The van der Waals surface area contributed by atoms with Crippen molar-refractivity contribution in [3.05, 3.63) is 65.5 Å². The first-order chi connectivity index (χ1) is 10.9. The molecule has 0 fully saturated rings. The van der Waals surface area contributed by atoms with Gasteiger partial charge in [0.05, 0.1) is 4.90 Å². The van der Waals surface area contributed by atoms with E-state index in [-0.39, 0.29) is 17.3 Å². The Kier molecular flexibility index (Phi) is 5.33. The molecule has 2 aromatic rings. The van der Waals surface area contributed by atoms with E-state index >= 15 is 0 Å². The average Bonchev–Trinajstić information content (AvgIpc) is 2.49. The van der Waals surface area contributed by atoms with E-state index < -0.39 is 16.1 Å². The van der Waals surface area contributed by atoms with Crippen molar-refractivity contribution in [3.63, 3.8) is 0 Å². The first-order valence-corrected chi connectivity index (χ1v) is 8.47. The van der Waals surface area contributed by atoms with Crippen molar-refractivity contribution in [2.24, 2.45) is 0 Å². The normalized spacial score (nSPS) is 11.0. The second kappa shape index (κ2) is 7.23. The lowest BCUT2D eigenvalue weighted by molar-refractivity contribution is 0.246. The molecule has 0 heterocycles. The van der Waals surface area contributed by atoms with Crippen molar-refractivity contribution >= 4 is 16.1 Å². The molecule has 23 heavy (non-hydrogen) atoms. The highest BCUT2D eigenvalue weighted by molar-refractivity contribution is 7.90. The van der Waals surface area contributed by atoms with Crippen LogP contribution >= 0.6 is 0 Å². The summed E-state index contributed by atoms with van der Waals surface area (Å²) in [6.07, 6.45) is 0.471. The van der Waals surface area contributed by atoms with Gasteiger partial charge in [0.15, 0.2) is 0 Å². The van der Waals surface area contributed by atoms with Gasteiger partial charge in [0.25, 0.3) is 10.0 Å². The average molecular weight is 336 g/mol. The van der Waals surface area contributed by atoms with Gasteiger partial charge >= 0.3 is 6.03 Å². The van der Waals surface area contributed by atoms with Crippen molar-refractivity contribution in [1.29, 1.82) is 0 Å². The SMILES string of the molecule is Cc1ccc(S(=O)(=O)NC(=O)NCCc2ccc(F)cc2)cc1. The van der Waals surface area contributed by atoms with Gasteiger partial charge in [0.2, 0.25) is 0 Å². The molecule has 0 bridgehead atoms. The third-order valence-corrected chi connectivity index (χ3v) is 4.52. The summed E-state index contributed by atoms with van der Waals surface area (Å²) in [4.78, 5) is 11.7. The van der Waals surface area contributed by atoms with E-state index in [1.54, 1.807) is 24.3 Å². The van der Waals surface area contributed by atoms with Gasteiger partial charge in [-0.15, -0.1) is 0 Å². The summed E-state index contributed by atoms with van der Waals surface area (Å²) in [5, 5.41) is 2.46. The Balaban J connectivity index is 1.86. The standard InChI is InChI=1S/C16H17FN2O3S/c1-12-2-8-15(9-3-12)23(21,22)19-16(20)18-11-10-13-4-6-14(17)7-5-13/h2-9H,10-11H2,1H3,(H2,18,19,20). The number of hydrogen-bond donors (Lipinski definition) is 2. The van der Waals surface area contributed by atoms with Gasteiger partial charge in [-0.05, 0) is 43.2 Å². The lowest BCUT2D eigenvalue weighted by atomic mass is 10.1. The van der Waals surface area contributed by atoms with Crippen LogP contribution in [0.3, 0.4) is 0 Å². The molecule has 0 atom stereocenters. The fraction of sp³-hybridized carbons (Fsp3) is 0.188. The van der Waals surface area contributed by atoms with Gasteiger partial charge in [-0.1, -0.05) is 29.8 Å². The number of rotatable bonds is 5. The molecule has 2 rings (SSSR count). The Morgan fingerprint density at radius 1 is 1.04 bits per heavy atom. The number of hydrogen-bond acceptors (Lipinski definition) is 3. The van der Waals surface area contributed by atoms with E-state index in [0.717, 1.165) is 11.1 Å². The summed E-state index contributed by atoms with van der Waals surface area (Å²) in [6.45, 7) is 2.08. The second-order valence-electron chi connectivity index (χ2n) is 5.05. The first kappa shape index (κ1) is 17.0. The van der Waals surface area contributed by atoms with Crippen molar-refractivity contribution in [2.75, 3.05) is 6.54 Å². The molecule has 2 N–H and O–H groups in total. The summed E-state index contributed by atoms with van der Waals surface area (Å²) in [7, 11) is -3.89. The minimum absolute atomic E-state index is 0.0248. The topological polar surface area (TPSA) is 75.3 Å². The summed E-state index contributed by atoms with van der Waals surface area (Å²) < 4.78 is 38.7. The molecule has 0 spiro atoms. The summed E-state index contributed by atoms with van der Waals surface area (Å²) in [6, 6.07) is 11.3. The van der Waals surface area contributed by atoms with Crippen LogP contribution in [0.1, 0.15) is 11.1 Å². The molecule has 2 aromatic carbocycles. The Bertz CT molecular complexity index is 772. The Hall–Kier alpha value is -2.41. The molecule has 0 radical (unpaired) electrons. The molecule has 0 aliphatic carbocycles. The predicted octanol–water partition coefficient (Wildman–Crippen LogP) is 2.36. The number of halogens is 1. The molecule has 5 nitrogen and oxygen atoms in total. The summed E-state index contributed by atoms with van der Waals surface area (Å²) in [5.41, 5.74) is 1.76. The molecule has 122 valence electrons. The highest BCUT2D eigenvalue weighted by atomic mass is 32.2. The zero-order chi connectivity index (χ0) is 16.9. The number of benzene rings is 2. The highest BCUT2D eigenvalue weighted by Crippen LogP contribution is 2.09. The highest BCUT2D eigenvalue weighted by Gasteiger charge is 2.16. The third-order valence-electron chi connectivity index (χ3n) is 3.17. The maximum atomic E-state index is 12.8. The van der Waals surface area contributed by atoms with Crippen molar-refractivity contribution < 1.29 is 17.6 Å². The van der Waals surface area contributed by atoms with Crippen LogP contribution in [0.5, 0.6) is 0 Å². The predicted molar refractivity (Wildman–Crippen MR) is 85.0 cm³/mol. The minimum atomic E-state index is -3.89. The maximum Gasteiger partial charge on any atom is 0.328 e. The van der Waals surface area contributed by atoms with E-state index in [0.29, 0.717) is 6.42 Å². The van der Waals surface area contributed by atoms with E-state index in [2.05, 4.69) is 5.32 Å². The first-order valence-electron chi connectivity index (χ1n) is 6.98. The number of carbonyl (C=O) groups is 1. The quantitative estimate of drug-likeness (QED) is 0.880. The van der Waals surface area contributed by atoms with Gasteiger partial charge in [-0.2, -0.15) is 0 Å². The molecule has 0 aliphatic rings. The zero-order valence-corrected chi connectivity index (χ0v) is 13.4. The molecule has 0 aliphatic heterocycles. The Morgan fingerprint density at radius 3 is 2.26 bits per heavy atom. The number of carbonyl (C=O) groups excluding carboxylic acids is 1. The molecule has 7 heteroatoms. The molecule has 2 amide bonds. The van der Waals surface area contributed by atoms with Crippen LogP contribution in [-0.2, 0) is 16.4 Å². The number of sulfonamides is 1. The third kappa shape index (κ3) is 5.07. The van der Waals surface area contributed by atoms with Crippen LogP contribution in [0.25, 0.3) is 0 Å². The monoisotopic (exact) mass is 336 g/mol. The molecule has 0 saturated carbocycles. The molecule has 0 unspecified atom stereocenters. The molecule has 0 aromatic heterocycles. The van der Waals surface area contributed by atoms with Gasteiger partial charge in [0, 0.05) is 6.54 Å². The van der Waals surface area contributed by atoms with Crippen LogP contribution in [0.4, 0.5) is 9.18 Å². The lowest BCUT2D eigenvalue weighted by Gasteiger charge is -2.09. The smallest absolute Gasteiger partial charge is 0.328 e. The molecular formula is C16H17FN2O3S. The van der Waals surface area contributed by atoms with Crippen molar-refractivity contribution in [3.8, 4) is 0 Å². The van der Waals surface area contributed by atoms with Gasteiger partial charge in [-0.25, -0.2) is 22.3 Å². The van der Waals surface area contributed by atoms with Gasteiger partial charge in [0.1, 0.15) is 5.82 Å². The van der Waals surface area contributed by atoms with E-state index in [1.165, 1.54) is 24.3 Å². The van der Waals surface area contributed by atoms with Gasteiger partial charge < -0.3 is 5.32 Å². The summed E-state index contributed by atoms with van der Waals surface area (Å²) >= 11 is 0. The fourth-order valence-corrected chi connectivity index (χ4v) is 2.83. The van der Waals surface area contributed by atoms with Crippen molar-refractivity contribution in [1.82, 2.24) is 10.0 Å². The van der Waals surface area contributed by atoms with Crippen LogP contribution in [0.15, 0.2) is 53.4 Å². The fourth-order valence-electron chi connectivity index (χ4n) is 1.91. The zero-order valence-electron chi connectivity index (χ0n) is 12.5. The van der Waals surface area contributed by atoms with E-state index in [4.69, 9.17) is 0 Å². The second-order valence-corrected chi connectivity index (χ2v) is 6.73. The Labute approximate surface area is 134 Å². The van der Waals surface area contributed by atoms with Crippen LogP contribution < -0.4 is 10.0 Å². The largest absolute Gasteiger partial charge is 0.337 e. The van der Waals surface area contributed by atoms with E-state index in [1.807, 2.05) is 11.6 Å². The van der Waals surface area contributed by atoms with Gasteiger partial charge in [-0.3, -0.25) is 0 Å². The van der Waals surface area contributed by atoms with Crippen LogP contribution in [0.2, 0.25) is 0 Å². The van der Waals surface area contributed by atoms with E-state index in [9.17, 15) is 17.6 Å². The number of nitrogens with one attached hydrogen (secondary N) is 2. The lowest BCUT2D eigenvalue weighted by Crippen LogP contribution is -2.40. The number of amides is 2. The molecule has 0 saturated heterocycles. The minimum Gasteiger partial charge on any atom is -0.337 e. The number of urea groups is 1. The maximum absolute atomic E-state index is 12.8. The molecular weight excluding hydrogens is 319 g/mol. The van der Waals surface area contributed by atoms with Crippen LogP contribution in [0, 0.1) is 12.7 Å². The van der Waals surface area contributed by atoms with Crippen molar-refractivity contribution in [2.45, 2.75) is 18.2 Å². The number of aryl methyl sites for hydroxylation is 1. The Morgan fingerprint density at radius 2 is 1.65 bits per heavy atom. The van der Waals surface area contributed by atoms with Crippen LogP contribution in [-0.4, -0.2) is 21.0 Å². The summed E-state index contributed by atoms with van der Waals surface area (Å²) in [5.74, 6) is -0.330.